The number of nitrogens with zero attached hydrogens (tertiary/aromatic N) is 4. The van der Waals surface area contributed by atoms with Crippen molar-refractivity contribution in [2.24, 2.45) is 5.92 Å². The molecule has 0 bridgehead atoms. The molecular weight excluding hydrogens is 554 g/mol. The molecule has 0 radical (unpaired) electrons. The molecule has 2 atom stereocenters. The Labute approximate surface area is 232 Å². The lowest BCUT2D eigenvalue weighted by Crippen LogP contribution is -2.58. The zero-order valence-corrected chi connectivity index (χ0v) is 22.5. The first-order valence-electron chi connectivity index (χ1n) is 13.1. The summed E-state index contributed by atoms with van der Waals surface area (Å²) in [5.41, 5.74) is 0.498. The van der Waals surface area contributed by atoms with Gasteiger partial charge in [0.15, 0.2) is 5.69 Å². The first kappa shape index (κ1) is 30.1. The lowest BCUT2D eigenvalue weighted by Gasteiger charge is -2.38. The summed E-state index contributed by atoms with van der Waals surface area (Å²) in [5, 5.41) is 14.6. The molecule has 2 aliphatic rings. The number of methoxy groups -OCH3 is 1. The Hall–Kier alpha value is -3.82. The van der Waals surface area contributed by atoms with Gasteiger partial charge in [0.25, 0.3) is 11.8 Å². The van der Waals surface area contributed by atoms with Crippen LogP contribution in [0.5, 0.6) is 0 Å². The van der Waals surface area contributed by atoms with Crippen molar-refractivity contribution < 1.29 is 41.3 Å². The predicted octanol–water partition coefficient (Wildman–Crippen LogP) is 2.94. The monoisotopic (exact) mass is 585 g/mol. The Morgan fingerprint density at radius 3 is 2.63 bits per heavy atom. The third kappa shape index (κ3) is 7.28. The van der Waals surface area contributed by atoms with E-state index in [0.717, 1.165) is 4.90 Å². The van der Waals surface area contributed by atoms with Crippen molar-refractivity contribution in [3.63, 3.8) is 0 Å². The maximum Gasteiger partial charge on any atom is 0.318 e. The van der Waals surface area contributed by atoms with E-state index in [-0.39, 0.29) is 36.7 Å². The number of alkyl halides is 4. The number of urea groups is 1. The number of nitrogens with one attached hydrogen (secondary N) is 3. The number of amides is 4. The van der Waals surface area contributed by atoms with E-state index in [4.69, 9.17) is 4.74 Å². The van der Waals surface area contributed by atoms with Crippen LogP contribution in [0, 0.1) is 5.92 Å². The van der Waals surface area contributed by atoms with E-state index in [0.29, 0.717) is 12.0 Å². The van der Waals surface area contributed by atoms with Gasteiger partial charge in [-0.1, -0.05) is 12.1 Å². The normalized spacial score (nSPS) is 20.1. The van der Waals surface area contributed by atoms with Crippen LogP contribution in [0.2, 0.25) is 0 Å². The van der Waals surface area contributed by atoms with Gasteiger partial charge in [-0.25, -0.2) is 32.0 Å². The van der Waals surface area contributed by atoms with Gasteiger partial charge in [0.1, 0.15) is 17.6 Å². The second-order valence-corrected chi connectivity index (χ2v) is 10.1. The van der Waals surface area contributed by atoms with Crippen LogP contribution in [0.3, 0.4) is 0 Å². The summed E-state index contributed by atoms with van der Waals surface area (Å²) in [6.45, 7) is -0.0206. The van der Waals surface area contributed by atoms with Crippen molar-refractivity contribution >= 4 is 23.7 Å². The predicted molar refractivity (Wildman–Crippen MR) is 134 cm³/mol. The van der Waals surface area contributed by atoms with E-state index in [1.807, 2.05) is 0 Å². The van der Waals surface area contributed by atoms with Crippen LogP contribution in [-0.2, 0) is 16.0 Å². The fourth-order valence-electron chi connectivity index (χ4n) is 5.00. The molecule has 2 aromatic rings. The van der Waals surface area contributed by atoms with Gasteiger partial charge in [-0.3, -0.25) is 9.59 Å². The topological polar surface area (TPSA) is 152 Å². The number of carbonyl (C=O) groups excluding carboxylic acids is 3. The lowest BCUT2D eigenvalue weighted by molar-refractivity contribution is -0.121. The minimum absolute atomic E-state index is 0.00415. The van der Waals surface area contributed by atoms with Crippen molar-refractivity contribution in [2.45, 2.75) is 63.0 Å². The van der Waals surface area contributed by atoms with Gasteiger partial charge in [-0.05, 0) is 48.0 Å². The fourth-order valence-corrected chi connectivity index (χ4v) is 5.00. The average molecular weight is 586 g/mol. The standard InChI is InChI=1S/C25H31F4N7O5/c1-3-16-20(35-41-34-16)22(38)33-19(14-4-7-24(26,27)8-5-14)21(37)32-18-10-15(6-9-30-18)17(11-40-2)36-13-25(28,29)12-31-23(36)39/h6,9-10,14,17,19H,3-5,7-8,11-13H2,1-2H3,(H,31,39)(H,33,38)(H,30,32,37)/t17-,19+/m1/s1. The number of carbonyl (C=O) groups is 3. The smallest absolute Gasteiger partial charge is 0.318 e. The molecule has 3 heterocycles. The van der Waals surface area contributed by atoms with E-state index in [1.165, 1.54) is 25.4 Å². The SMILES string of the molecule is CCc1nonc1C(=O)N[C@H](C(=O)Nc1cc([C@@H](COC)N2CC(F)(F)CNC2=O)ccn1)C1CCC(F)(F)CC1. The Morgan fingerprint density at radius 2 is 1.95 bits per heavy atom. The van der Waals surface area contributed by atoms with Gasteiger partial charge in [0.2, 0.25) is 11.8 Å². The van der Waals surface area contributed by atoms with Crippen LogP contribution in [0.25, 0.3) is 0 Å². The van der Waals surface area contributed by atoms with E-state index < -0.39 is 73.6 Å². The summed E-state index contributed by atoms with van der Waals surface area (Å²) in [5.74, 6) is -8.12. The number of hydrogen-bond acceptors (Lipinski definition) is 8. The number of hydrogen-bond donors (Lipinski definition) is 3. The van der Waals surface area contributed by atoms with Crippen LogP contribution in [0.15, 0.2) is 23.0 Å². The van der Waals surface area contributed by atoms with Crippen molar-refractivity contribution in [2.75, 3.05) is 32.1 Å². The fraction of sp³-hybridized carbons (Fsp3) is 0.600. The van der Waals surface area contributed by atoms with E-state index in [2.05, 4.69) is 35.9 Å². The molecule has 0 aromatic carbocycles. The van der Waals surface area contributed by atoms with Gasteiger partial charge in [-0.15, -0.1) is 0 Å². The molecule has 12 nitrogen and oxygen atoms in total. The molecule has 16 heteroatoms. The summed E-state index contributed by atoms with van der Waals surface area (Å²) in [4.78, 5) is 43.9. The van der Waals surface area contributed by atoms with Crippen LogP contribution >= 0.6 is 0 Å². The highest BCUT2D eigenvalue weighted by Gasteiger charge is 2.43. The lowest BCUT2D eigenvalue weighted by atomic mass is 9.81. The molecule has 1 saturated heterocycles. The van der Waals surface area contributed by atoms with Crippen molar-refractivity contribution in [3.05, 3.63) is 35.3 Å². The molecule has 0 spiro atoms. The molecule has 1 aliphatic carbocycles. The number of pyridine rings is 1. The summed E-state index contributed by atoms with van der Waals surface area (Å²) >= 11 is 0. The highest BCUT2D eigenvalue weighted by atomic mass is 19.3. The molecule has 2 fully saturated rings. The minimum Gasteiger partial charge on any atom is -0.382 e. The molecule has 1 saturated carbocycles. The summed E-state index contributed by atoms with van der Waals surface area (Å²) in [7, 11) is 1.35. The molecule has 41 heavy (non-hydrogen) atoms. The maximum absolute atomic E-state index is 14.1. The number of rotatable bonds is 10. The largest absolute Gasteiger partial charge is 0.382 e. The second-order valence-electron chi connectivity index (χ2n) is 10.1. The van der Waals surface area contributed by atoms with Crippen molar-refractivity contribution in [1.82, 2.24) is 30.8 Å². The second kappa shape index (κ2) is 12.4. The Bertz CT molecular complexity index is 1250. The Balaban J connectivity index is 1.56. The van der Waals surface area contributed by atoms with Gasteiger partial charge in [-0.2, -0.15) is 0 Å². The maximum atomic E-state index is 14.1. The molecule has 224 valence electrons. The van der Waals surface area contributed by atoms with Crippen LogP contribution < -0.4 is 16.0 Å². The molecule has 0 unspecified atom stereocenters. The number of aryl methyl sites for hydroxylation is 1. The van der Waals surface area contributed by atoms with Gasteiger partial charge >= 0.3 is 6.03 Å². The summed E-state index contributed by atoms with van der Waals surface area (Å²) < 4.78 is 65.8. The number of halogens is 4. The van der Waals surface area contributed by atoms with Crippen LogP contribution in [0.1, 0.15) is 60.4 Å². The highest BCUT2D eigenvalue weighted by Crippen LogP contribution is 2.38. The van der Waals surface area contributed by atoms with Gasteiger partial charge < -0.3 is 25.6 Å². The van der Waals surface area contributed by atoms with Gasteiger partial charge in [0.05, 0.1) is 25.7 Å². The van der Waals surface area contributed by atoms with E-state index in [9.17, 15) is 31.9 Å². The first-order valence-corrected chi connectivity index (χ1v) is 13.1. The molecule has 4 amide bonds. The quantitative estimate of drug-likeness (QED) is 0.360. The van der Waals surface area contributed by atoms with Crippen molar-refractivity contribution in [3.8, 4) is 0 Å². The Kier molecular flexibility index (Phi) is 9.09. The highest BCUT2D eigenvalue weighted by molar-refractivity contribution is 6.00. The zero-order valence-electron chi connectivity index (χ0n) is 22.5. The number of anilines is 1. The Morgan fingerprint density at radius 1 is 1.22 bits per heavy atom. The number of aromatic nitrogens is 3. The summed E-state index contributed by atoms with van der Waals surface area (Å²) in [6, 6.07) is 0.0173. The number of ether oxygens (including phenoxy) is 1. The van der Waals surface area contributed by atoms with Crippen molar-refractivity contribution in [1.29, 1.82) is 0 Å². The summed E-state index contributed by atoms with van der Waals surface area (Å²) in [6.07, 6.45) is 0.710. The molecule has 4 rings (SSSR count). The molecular formula is C25H31F4N7O5. The van der Waals surface area contributed by atoms with E-state index in [1.54, 1.807) is 6.92 Å². The molecule has 2 aromatic heterocycles. The van der Waals surface area contributed by atoms with E-state index >= 15 is 0 Å². The zero-order chi connectivity index (χ0) is 29.8. The van der Waals surface area contributed by atoms with Crippen LogP contribution in [-0.4, -0.2) is 82.7 Å². The third-order valence-corrected chi connectivity index (χ3v) is 7.19. The van der Waals surface area contributed by atoms with Gasteiger partial charge in [0, 0.05) is 26.1 Å². The average Bonchev–Trinajstić information content (AvgIpc) is 3.41. The molecule has 1 aliphatic heterocycles. The minimum atomic E-state index is -3.16. The van der Waals surface area contributed by atoms with Crippen LogP contribution in [0.4, 0.5) is 28.2 Å². The molecule has 3 N–H and O–H groups in total. The first-order chi connectivity index (χ1) is 19.4. The third-order valence-electron chi connectivity index (χ3n) is 7.19.